The first-order chi connectivity index (χ1) is 46.0. The maximum Gasteiger partial charge on any atom is 0.343 e. The molecule has 16 rings (SSSR count). The van der Waals surface area contributed by atoms with Crippen molar-refractivity contribution in [2.75, 3.05) is 0 Å². The normalized spacial score (nSPS) is 17.4. The topological polar surface area (TPSA) is 169 Å². The van der Waals surface area contributed by atoms with E-state index >= 15 is 0 Å². The van der Waals surface area contributed by atoms with Crippen LogP contribution in [0.3, 0.4) is 0 Å². The van der Waals surface area contributed by atoms with Crippen molar-refractivity contribution in [1.82, 2.24) is 43.1 Å². The van der Waals surface area contributed by atoms with Crippen molar-refractivity contribution in [1.29, 1.82) is 0 Å². The summed E-state index contributed by atoms with van der Waals surface area (Å²) in [5.74, 6) is 0.485. The van der Waals surface area contributed by atoms with Crippen LogP contribution in [0.15, 0.2) is 109 Å². The Morgan fingerprint density at radius 3 is 0.778 bits per heavy atom. The van der Waals surface area contributed by atoms with E-state index < -0.39 is 34.2 Å². The van der Waals surface area contributed by atoms with Crippen LogP contribution in [0.25, 0.3) is 82.8 Å². The number of rotatable bonds is 6. The van der Waals surface area contributed by atoms with Crippen LogP contribution >= 0.6 is 0 Å². The fourth-order valence-electron chi connectivity index (χ4n) is 17.9. The van der Waals surface area contributed by atoms with Crippen LogP contribution in [0.5, 0.6) is 17.2 Å². The molecule has 0 spiro atoms. The number of carbonyl (C=O) groups is 3. The number of ether oxygens (including phenoxy) is 3. The molecule has 6 heterocycles. The Morgan fingerprint density at radius 1 is 0.313 bits per heavy atom. The molecule has 15 heteroatoms. The van der Waals surface area contributed by atoms with Crippen LogP contribution < -0.4 is 14.2 Å². The maximum absolute atomic E-state index is 14.9. The fourth-order valence-corrected chi connectivity index (χ4v) is 17.9. The lowest BCUT2D eigenvalue weighted by Crippen LogP contribution is -2.19. The predicted octanol–water partition coefficient (Wildman–Crippen LogP) is 19.2. The third-order valence-electron chi connectivity index (χ3n) is 21.6. The molecule has 0 bridgehead atoms. The molecule has 0 fully saturated rings. The van der Waals surface area contributed by atoms with Gasteiger partial charge < -0.3 is 14.2 Å². The van der Waals surface area contributed by atoms with Crippen molar-refractivity contribution in [3.63, 3.8) is 0 Å². The Kier molecular flexibility index (Phi) is 13.1. The zero-order valence-corrected chi connectivity index (χ0v) is 61.0. The van der Waals surface area contributed by atoms with Crippen LogP contribution in [-0.4, -0.2) is 61.0 Å². The smallest absolute Gasteiger partial charge is 0.343 e. The van der Waals surface area contributed by atoms with Gasteiger partial charge in [0.2, 0.25) is 0 Å². The van der Waals surface area contributed by atoms with Crippen LogP contribution in [0.4, 0.5) is 0 Å². The number of benzene rings is 7. The number of esters is 3. The number of aromatic nitrogens is 9. The van der Waals surface area contributed by atoms with Crippen LogP contribution in [0.1, 0.15) is 247 Å². The lowest BCUT2D eigenvalue weighted by atomic mass is 9.82. The molecule has 0 saturated carbocycles. The van der Waals surface area contributed by atoms with Gasteiger partial charge in [0.05, 0.1) is 66.3 Å². The number of hydrogen-bond acceptors (Lipinski definition) is 12. The zero-order valence-electron chi connectivity index (χ0n) is 61.0. The van der Waals surface area contributed by atoms with E-state index in [9.17, 15) is 14.4 Å². The summed E-state index contributed by atoms with van der Waals surface area (Å²) in [7, 11) is 0. The van der Waals surface area contributed by atoms with Crippen molar-refractivity contribution in [3.05, 3.63) is 177 Å². The summed E-state index contributed by atoms with van der Waals surface area (Å²) in [6.07, 6.45) is 3.10. The van der Waals surface area contributed by atoms with Crippen molar-refractivity contribution < 1.29 is 28.6 Å². The van der Waals surface area contributed by atoms with Gasteiger partial charge in [0, 0.05) is 50.6 Å². The van der Waals surface area contributed by atoms with Gasteiger partial charge in [0.1, 0.15) is 51.7 Å². The molecule has 6 aromatic heterocycles. The number of hydrogen-bond donors (Lipinski definition) is 0. The molecule has 0 unspecified atom stereocenters. The van der Waals surface area contributed by atoms with E-state index in [-0.39, 0.29) is 66.4 Å². The van der Waals surface area contributed by atoms with E-state index in [0.717, 1.165) is 103 Å². The Hall–Kier alpha value is -9.63. The van der Waals surface area contributed by atoms with Crippen LogP contribution in [-0.2, 0) is 48.7 Å². The van der Waals surface area contributed by atoms with Gasteiger partial charge in [-0.15, -0.1) is 0 Å². The molecule has 3 aliphatic rings. The van der Waals surface area contributed by atoms with Gasteiger partial charge in [0.15, 0.2) is 0 Å². The molecule has 0 atom stereocenters. The molecule has 0 N–H and O–H groups in total. The minimum absolute atomic E-state index is 0.0167. The average molecular weight is 1320 g/mol. The summed E-state index contributed by atoms with van der Waals surface area (Å²) in [4.78, 5) is 76.5. The third-order valence-corrected chi connectivity index (χ3v) is 21.6. The lowest BCUT2D eigenvalue weighted by Gasteiger charge is -2.22. The second-order valence-electron chi connectivity index (χ2n) is 35.9. The molecule has 0 saturated heterocycles. The second kappa shape index (κ2) is 20.3. The van der Waals surface area contributed by atoms with Gasteiger partial charge >= 0.3 is 17.9 Å². The highest BCUT2D eigenvalue weighted by Crippen LogP contribution is 2.54. The summed E-state index contributed by atoms with van der Waals surface area (Å²) in [6, 6.07) is 33.8. The van der Waals surface area contributed by atoms with Crippen molar-refractivity contribution in [2.45, 2.75) is 213 Å². The molecule has 0 aliphatic heterocycles. The molecule has 504 valence electrons. The van der Waals surface area contributed by atoms with Crippen LogP contribution in [0, 0.1) is 0 Å². The number of nitrogens with zero attached hydrogens (tertiary/aromatic N) is 9. The van der Waals surface area contributed by atoms with Crippen molar-refractivity contribution in [3.8, 4) is 17.2 Å². The van der Waals surface area contributed by atoms with E-state index in [4.69, 9.17) is 44.1 Å². The second-order valence-corrected chi connectivity index (χ2v) is 35.9. The Balaban J connectivity index is 0.776. The summed E-state index contributed by atoms with van der Waals surface area (Å²) in [5, 5.41) is 2.34. The van der Waals surface area contributed by atoms with Gasteiger partial charge in [-0.1, -0.05) is 145 Å². The molecule has 7 aromatic carbocycles. The molecule has 15 nitrogen and oxygen atoms in total. The standard InChI is InChI=1S/C84H87N9O6/c1-76(2,3)73-88-58-31-46(22-25-49(58)67-85-61-34-52-55(37-64(61)91(67)73)82(16,17)40-79(52,10)11)97-70(94)43-28-44(71(95)98-47-23-26-50-59(32-47)89-74(77(4,5)6)92-65-38-56-53(35-62(65)86-68(50)92)80(12,13)41-83(56,18)19)30-45(29-43)72(96)99-48-24-27-51-60(33-48)90-75(78(7,8)9)93-66-39-57-54(36-63(66)87-69(51)93)81(14,15)42-84(57,20)21/h22-39H,40-42H2,1-21H3. The van der Waals surface area contributed by atoms with Crippen molar-refractivity contribution >= 4 is 101 Å². The largest absolute Gasteiger partial charge is 0.423 e. The van der Waals surface area contributed by atoms with Gasteiger partial charge in [-0.3, -0.25) is 13.2 Å². The first-order valence-electron chi connectivity index (χ1n) is 34.8. The average Bonchev–Trinajstić information content (AvgIpc) is 1.57. The number of fused-ring (bicyclic) bond motifs is 18. The molecule has 0 amide bonds. The zero-order chi connectivity index (χ0) is 70.5. The number of carbonyl (C=O) groups excluding carboxylic acids is 3. The number of imidazole rings is 3. The molecule has 13 aromatic rings. The van der Waals surface area contributed by atoms with E-state index in [1.54, 1.807) is 36.4 Å². The Morgan fingerprint density at radius 2 is 0.545 bits per heavy atom. The first kappa shape index (κ1) is 64.1. The SMILES string of the molecule is CC(C)(C)c1nc2cc(OC(=O)c3cc(C(=O)Oc4ccc5c(c4)nc(C(C)(C)C)n4c6cc7c(cc6nc54)C(C)(C)CC7(C)C)cc(C(=O)Oc4ccc5c(c4)nc(C(C)(C)C)n4c6cc7c(cc6nc54)C(C)(C)CC7(C)C)c3)ccc2c2nc3cc4c(cc3n12)C(C)(C)CC4(C)C. The molecule has 0 radical (unpaired) electrons. The van der Waals surface area contributed by atoms with E-state index in [2.05, 4.69) is 195 Å². The third kappa shape index (κ3) is 9.95. The molecular formula is C84H87N9O6. The quantitative estimate of drug-likeness (QED) is 0.114. The highest BCUT2D eigenvalue weighted by molar-refractivity contribution is 6.05. The fraction of sp³-hybridized carbons (Fsp3) is 0.393. The van der Waals surface area contributed by atoms with Crippen molar-refractivity contribution in [2.24, 2.45) is 0 Å². The van der Waals surface area contributed by atoms with Gasteiger partial charge in [-0.05, 0) is 176 Å². The summed E-state index contributed by atoms with van der Waals surface area (Å²) >= 11 is 0. The van der Waals surface area contributed by atoms with E-state index in [1.165, 1.54) is 51.6 Å². The predicted molar refractivity (Wildman–Crippen MR) is 393 cm³/mol. The van der Waals surface area contributed by atoms with Gasteiger partial charge in [-0.25, -0.2) is 44.3 Å². The van der Waals surface area contributed by atoms with E-state index in [0.29, 0.717) is 16.6 Å². The highest BCUT2D eigenvalue weighted by atomic mass is 16.5. The molecule has 99 heavy (non-hydrogen) atoms. The van der Waals surface area contributed by atoms with E-state index in [1.807, 2.05) is 18.2 Å². The monoisotopic (exact) mass is 1320 g/mol. The first-order valence-corrected chi connectivity index (χ1v) is 34.8. The minimum Gasteiger partial charge on any atom is -0.423 e. The Labute approximate surface area is 576 Å². The van der Waals surface area contributed by atoms with Gasteiger partial charge in [-0.2, -0.15) is 0 Å². The summed E-state index contributed by atoms with van der Waals surface area (Å²) < 4.78 is 25.3. The summed E-state index contributed by atoms with van der Waals surface area (Å²) in [5.41, 5.74) is 15.9. The molecular weight excluding hydrogens is 1230 g/mol. The van der Waals surface area contributed by atoms with Gasteiger partial charge in [0.25, 0.3) is 0 Å². The maximum atomic E-state index is 14.9. The lowest BCUT2D eigenvalue weighted by molar-refractivity contribution is 0.0734. The van der Waals surface area contributed by atoms with Crippen LogP contribution in [0.2, 0.25) is 0 Å². The molecule has 3 aliphatic carbocycles. The summed E-state index contributed by atoms with van der Waals surface area (Å²) in [6.45, 7) is 46.9. The highest BCUT2D eigenvalue weighted by Gasteiger charge is 2.46. The minimum atomic E-state index is -0.836. The Bertz CT molecular complexity index is 5250.